The summed E-state index contributed by atoms with van der Waals surface area (Å²) in [4.78, 5) is 0. The molecular formula is C16H32P. The predicted molar refractivity (Wildman–Crippen MR) is 81.3 cm³/mol. The van der Waals surface area contributed by atoms with Gasteiger partial charge in [-0.25, -0.2) is 0 Å². The first-order chi connectivity index (χ1) is 8.43. The monoisotopic (exact) mass is 255 g/mol. The van der Waals surface area contributed by atoms with Crippen molar-refractivity contribution in [1.29, 1.82) is 0 Å². The highest BCUT2D eigenvalue weighted by Gasteiger charge is 2.09. The van der Waals surface area contributed by atoms with Crippen LogP contribution in [0.15, 0.2) is 0 Å². The van der Waals surface area contributed by atoms with Gasteiger partial charge in [-0.05, 0) is 31.1 Å². The number of unbranched alkanes of at least 4 members (excludes halogenated alkanes) is 2. The van der Waals surface area contributed by atoms with Crippen LogP contribution in [0.4, 0.5) is 0 Å². The number of rotatable bonds is 5. The van der Waals surface area contributed by atoms with Crippen LogP contribution in [0.5, 0.6) is 0 Å². The van der Waals surface area contributed by atoms with Crippen LogP contribution in [0.25, 0.3) is 0 Å². The summed E-state index contributed by atoms with van der Waals surface area (Å²) in [6.45, 7) is 2.31. The van der Waals surface area contributed by atoms with Crippen LogP contribution < -0.4 is 0 Å². The highest BCUT2D eigenvalue weighted by molar-refractivity contribution is 7.38. The van der Waals surface area contributed by atoms with Crippen LogP contribution in [0.1, 0.15) is 90.4 Å². The Bertz CT molecular complexity index is 144. The van der Waals surface area contributed by atoms with Crippen molar-refractivity contribution in [2.75, 3.05) is 6.16 Å². The van der Waals surface area contributed by atoms with Crippen molar-refractivity contribution in [3.8, 4) is 0 Å². The van der Waals surface area contributed by atoms with E-state index in [1.807, 2.05) is 0 Å². The van der Waals surface area contributed by atoms with Crippen molar-refractivity contribution in [2.45, 2.75) is 96.1 Å². The van der Waals surface area contributed by atoms with Crippen LogP contribution in [-0.2, 0) is 0 Å². The Morgan fingerprint density at radius 2 is 1.29 bits per heavy atom. The standard InChI is InChI=1S/C16H32P/c1-2-3-12-15-17-16-13-10-8-6-4-5-7-9-11-14-16/h16H,2-15H2,1H3. The molecule has 1 heteroatoms. The van der Waals surface area contributed by atoms with Gasteiger partial charge in [0.15, 0.2) is 0 Å². The molecule has 0 aliphatic heterocycles. The average Bonchev–Trinajstić information content (AvgIpc) is 2.40. The molecule has 1 fully saturated rings. The average molecular weight is 255 g/mol. The number of hydrogen-bond acceptors (Lipinski definition) is 0. The van der Waals surface area contributed by atoms with E-state index in [2.05, 4.69) is 6.92 Å². The van der Waals surface area contributed by atoms with Crippen molar-refractivity contribution in [1.82, 2.24) is 0 Å². The van der Waals surface area contributed by atoms with E-state index in [-0.39, 0.29) is 0 Å². The zero-order valence-corrected chi connectivity index (χ0v) is 12.8. The molecule has 0 aromatic rings. The Balaban J connectivity index is 2.13. The van der Waals surface area contributed by atoms with E-state index in [1.54, 1.807) is 8.58 Å². The van der Waals surface area contributed by atoms with E-state index in [4.69, 9.17) is 0 Å². The summed E-state index contributed by atoms with van der Waals surface area (Å²) in [5, 5.41) is 0. The molecule has 0 unspecified atom stereocenters. The lowest BCUT2D eigenvalue weighted by Crippen LogP contribution is -2.02. The normalized spacial score (nSPS) is 21.7. The third kappa shape index (κ3) is 9.06. The van der Waals surface area contributed by atoms with Gasteiger partial charge in [-0.1, -0.05) is 79.7 Å². The lowest BCUT2D eigenvalue weighted by molar-refractivity contribution is 0.585. The second-order valence-corrected chi connectivity index (χ2v) is 7.22. The second kappa shape index (κ2) is 11.5. The third-order valence-corrected chi connectivity index (χ3v) is 5.58. The first-order valence-electron chi connectivity index (χ1n) is 8.10. The smallest absolute Gasteiger partial charge is 0.0170 e. The largest absolute Gasteiger partial charge is 0.0775 e. The van der Waals surface area contributed by atoms with Crippen molar-refractivity contribution < 1.29 is 0 Å². The zero-order valence-electron chi connectivity index (χ0n) is 11.9. The minimum Gasteiger partial charge on any atom is -0.0775 e. The molecule has 101 valence electrons. The van der Waals surface area contributed by atoms with Gasteiger partial charge >= 0.3 is 0 Å². The van der Waals surface area contributed by atoms with Gasteiger partial charge in [0.25, 0.3) is 0 Å². The van der Waals surface area contributed by atoms with E-state index in [0.717, 1.165) is 5.66 Å². The van der Waals surface area contributed by atoms with Crippen molar-refractivity contribution in [3.05, 3.63) is 0 Å². The Hall–Kier alpha value is 0.430. The molecule has 0 heterocycles. The molecule has 0 nitrogen and oxygen atoms in total. The quantitative estimate of drug-likeness (QED) is 0.393. The van der Waals surface area contributed by atoms with Crippen LogP contribution in [0, 0.1) is 0 Å². The van der Waals surface area contributed by atoms with Crippen LogP contribution in [0.2, 0.25) is 0 Å². The van der Waals surface area contributed by atoms with Crippen LogP contribution in [-0.4, -0.2) is 11.8 Å². The highest BCUT2D eigenvalue weighted by Crippen LogP contribution is 2.31. The van der Waals surface area contributed by atoms with Gasteiger partial charge in [0.2, 0.25) is 0 Å². The summed E-state index contributed by atoms with van der Waals surface area (Å²) in [7, 11) is 1.78. The summed E-state index contributed by atoms with van der Waals surface area (Å²) in [5.41, 5.74) is 1.05. The molecule has 0 N–H and O–H groups in total. The second-order valence-electron chi connectivity index (χ2n) is 5.67. The van der Waals surface area contributed by atoms with Crippen molar-refractivity contribution >= 4 is 8.58 Å². The Kier molecular flexibility index (Phi) is 10.5. The summed E-state index contributed by atoms with van der Waals surface area (Å²) in [5.74, 6) is 0. The van der Waals surface area contributed by atoms with E-state index in [0.29, 0.717) is 0 Å². The SMILES string of the molecule is CCCCC[P]C1CCCCCCCCCC1. The third-order valence-electron chi connectivity index (χ3n) is 3.97. The molecule has 17 heavy (non-hydrogen) atoms. The van der Waals surface area contributed by atoms with Gasteiger partial charge in [0, 0.05) is 0 Å². The van der Waals surface area contributed by atoms with Gasteiger partial charge in [-0.15, -0.1) is 0 Å². The summed E-state index contributed by atoms with van der Waals surface area (Å²) in [6, 6.07) is 0. The fourth-order valence-corrected chi connectivity index (χ4v) is 4.28. The first kappa shape index (κ1) is 15.5. The van der Waals surface area contributed by atoms with Gasteiger partial charge < -0.3 is 0 Å². The number of hydrogen-bond donors (Lipinski definition) is 0. The Morgan fingerprint density at radius 3 is 1.82 bits per heavy atom. The predicted octanol–water partition coefficient (Wildman–Crippen LogP) is 6.41. The lowest BCUT2D eigenvalue weighted by Gasteiger charge is -2.15. The van der Waals surface area contributed by atoms with E-state index >= 15 is 0 Å². The molecule has 1 radical (unpaired) electrons. The molecule has 0 atom stereocenters. The summed E-state index contributed by atoms with van der Waals surface area (Å²) in [6.07, 6.45) is 20.8. The van der Waals surface area contributed by atoms with Gasteiger partial charge in [-0.2, -0.15) is 0 Å². The molecular weight excluding hydrogens is 223 g/mol. The van der Waals surface area contributed by atoms with Crippen molar-refractivity contribution in [2.24, 2.45) is 0 Å². The maximum atomic E-state index is 2.31. The molecule has 0 aromatic heterocycles. The minimum absolute atomic E-state index is 1.05. The molecule has 0 spiro atoms. The molecule has 1 rings (SSSR count). The van der Waals surface area contributed by atoms with Gasteiger partial charge in [0.1, 0.15) is 0 Å². The zero-order chi connectivity index (χ0) is 12.2. The molecule has 0 bridgehead atoms. The Labute approximate surface area is 111 Å². The topological polar surface area (TPSA) is 0 Å². The molecule has 0 amide bonds. The summed E-state index contributed by atoms with van der Waals surface area (Å²) >= 11 is 0. The highest BCUT2D eigenvalue weighted by atomic mass is 31.1. The van der Waals surface area contributed by atoms with E-state index < -0.39 is 0 Å². The lowest BCUT2D eigenvalue weighted by atomic mass is 10.1. The van der Waals surface area contributed by atoms with Crippen LogP contribution in [0.3, 0.4) is 0 Å². The summed E-state index contributed by atoms with van der Waals surface area (Å²) < 4.78 is 0. The fourth-order valence-electron chi connectivity index (χ4n) is 2.78. The molecule has 0 aromatic carbocycles. The fraction of sp³-hybridized carbons (Fsp3) is 1.00. The van der Waals surface area contributed by atoms with Gasteiger partial charge in [0.05, 0.1) is 0 Å². The first-order valence-corrected chi connectivity index (χ1v) is 9.25. The molecule has 1 aliphatic carbocycles. The minimum atomic E-state index is 1.05. The van der Waals surface area contributed by atoms with Gasteiger partial charge in [-0.3, -0.25) is 0 Å². The van der Waals surface area contributed by atoms with Crippen molar-refractivity contribution in [3.63, 3.8) is 0 Å². The Morgan fingerprint density at radius 1 is 0.765 bits per heavy atom. The maximum absolute atomic E-state index is 2.31. The molecule has 0 saturated heterocycles. The van der Waals surface area contributed by atoms with Crippen LogP contribution >= 0.6 is 8.58 Å². The molecule has 1 saturated carbocycles. The van der Waals surface area contributed by atoms with E-state index in [1.165, 1.54) is 89.6 Å². The maximum Gasteiger partial charge on any atom is -0.0170 e. The van der Waals surface area contributed by atoms with E-state index in [9.17, 15) is 0 Å². The molecule has 1 aliphatic rings.